The summed E-state index contributed by atoms with van der Waals surface area (Å²) in [5.74, 6) is 0.294. The molecule has 1 heterocycles. The number of aromatic nitrogens is 2. The van der Waals surface area contributed by atoms with Crippen LogP contribution in [0.4, 0.5) is 11.6 Å². The van der Waals surface area contributed by atoms with Gasteiger partial charge in [0.2, 0.25) is 5.95 Å². The van der Waals surface area contributed by atoms with Crippen molar-refractivity contribution in [3.05, 3.63) is 62.1 Å². The Balaban J connectivity index is 2.38. The molecule has 120 valence electrons. The van der Waals surface area contributed by atoms with Crippen molar-refractivity contribution in [3.63, 3.8) is 0 Å². The lowest BCUT2D eigenvalue weighted by Crippen LogP contribution is -2.22. The lowest BCUT2D eigenvalue weighted by atomic mass is 10.2. The maximum Gasteiger partial charge on any atom is 0.269 e. The van der Waals surface area contributed by atoms with Gasteiger partial charge in [-0.3, -0.25) is 19.5 Å². The van der Waals surface area contributed by atoms with Crippen LogP contribution < -0.4 is 5.56 Å². The van der Waals surface area contributed by atoms with Crippen LogP contribution in [0.1, 0.15) is 11.3 Å². The van der Waals surface area contributed by atoms with Crippen LogP contribution in [0.15, 0.2) is 40.1 Å². The molecule has 0 saturated heterocycles. The standard InChI is InChI=1S/C15H17N5O3/c1-11-8-14(21)19(15(17-11)16-10-18(2)3)9-12-4-6-13(7-5-12)20(22)23/h4-8,10H,9H2,1-3H3/b16-10+. The van der Waals surface area contributed by atoms with Gasteiger partial charge in [0.1, 0.15) is 0 Å². The molecule has 8 heteroatoms. The van der Waals surface area contributed by atoms with Crippen molar-refractivity contribution >= 4 is 18.0 Å². The SMILES string of the molecule is Cc1cc(=O)n(Cc2ccc([N+](=O)[O-])cc2)c(/N=C/N(C)C)n1. The normalized spacial score (nSPS) is 10.9. The first-order valence-corrected chi connectivity index (χ1v) is 6.89. The molecular weight excluding hydrogens is 298 g/mol. The highest BCUT2D eigenvalue weighted by atomic mass is 16.6. The van der Waals surface area contributed by atoms with Gasteiger partial charge in [-0.25, -0.2) is 9.98 Å². The van der Waals surface area contributed by atoms with E-state index in [1.807, 2.05) is 14.1 Å². The zero-order valence-electron chi connectivity index (χ0n) is 13.1. The Bertz CT molecular complexity index is 794. The van der Waals surface area contributed by atoms with Crippen molar-refractivity contribution < 1.29 is 4.92 Å². The molecule has 0 fully saturated rings. The molecule has 0 spiro atoms. The minimum absolute atomic E-state index is 0.00831. The van der Waals surface area contributed by atoms with E-state index in [4.69, 9.17) is 0 Å². The Morgan fingerprint density at radius 3 is 2.57 bits per heavy atom. The van der Waals surface area contributed by atoms with Gasteiger partial charge < -0.3 is 4.90 Å². The third kappa shape index (κ3) is 4.22. The highest BCUT2D eigenvalue weighted by molar-refractivity contribution is 5.57. The topological polar surface area (TPSA) is 93.6 Å². The molecule has 8 nitrogen and oxygen atoms in total. The van der Waals surface area contributed by atoms with Gasteiger partial charge in [-0.1, -0.05) is 12.1 Å². The molecule has 2 rings (SSSR count). The van der Waals surface area contributed by atoms with Crippen LogP contribution in [0.3, 0.4) is 0 Å². The fourth-order valence-electron chi connectivity index (χ4n) is 1.93. The number of benzene rings is 1. The quantitative estimate of drug-likeness (QED) is 0.362. The van der Waals surface area contributed by atoms with Gasteiger partial charge in [0.25, 0.3) is 11.2 Å². The molecule has 0 radical (unpaired) electrons. The molecule has 0 amide bonds. The average molecular weight is 315 g/mol. The molecule has 0 saturated carbocycles. The predicted molar refractivity (Wildman–Crippen MR) is 87.3 cm³/mol. The summed E-state index contributed by atoms with van der Waals surface area (Å²) in [7, 11) is 3.64. The van der Waals surface area contributed by atoms with Gasteiger partial charge in [-0.2, -0.15) is 0 Å². The second kappa shape index (κ2) is 6.82. The number of hydrogen-bond acceptors (Lipinski definition) is 5. The second-order valence-corrected chi connectivity index (χ2v) is 5.25. The smallest absolute Gasteiger partial charge is 0.269 e. The summed E-state index contributed by atoms with van der Waals surface area (Å²) in [6.45, 7) is 1.97. The van der Waals surface area contributed by atoms with Crippen LogP contribution in [0.5, 0.6) is 0 Å². The molecule has 1 aromatic carbocycles. The van der Waals surface area contributed by atoms with Crippen LogP contribution in [-0.4, -0.2) is 39.8 Å². The van der Waals surface area contributed by atoms with E-state index in [0.717, 1.165) is 5.56 Å². The fourth-order valence-corrected chi connectivity index (χ4v) is 1.93. The molecule has 2 aromatic rings. The Kier molecular flexibility index (Phi) is 4.85. The van der Waals surface area contributed by atoms with Crippen LogP contribution in [-0.2, 0) is 6.54 Å². The van der Waals surface area contributed by atoms with Gasteiger partial charge in [-0.15, -0.1) is 0 Å². The lowest BCUT2D eigenvalue weighted by molar-refractivity contribution is -0.384. The van der Waals surface area contributed by atoms with Gasteiger partial charge in [-0.05, 0) is 12.5 Å². The number of hydrogen-bond donors (Lipinski definition) is 0. The van der Waals surface area contributed by atoms with Gasteiger partial charge in [0.15, 0.2) is 0 Å². The number of non-ortho nitro benzene ring substituents is 1. The zero-order chi connectivity index (χ0) is 17.0. The van der Waals surface area contributed by atoms with Crippen molar-refractivity contribution in [2.45, 2.75) is 13.5 Å². The van der Waals surface area contributed by atoms with Crippen molar-refractivity contribution in [1.29, 1.82) is 0 Å². The van der Waals surface area contributed by atoms with E-state index in [-0.39, 0.29) is 17.8 Å². The molecule has 23 heavy (non-hydrogen) atoms. The Morgan fingerprint density at radius 2 is 2.00 bits per heavy atom. The number of nitro groups is 1. The minimum Gasteiger partial charge on any atom is -0.369 e. The van der Waals surface area contributed by atoms with Crippen LogP contribution in [0.25, 0.3) is 0 Å². The predicted octanol–water partition coefficient (Wildman–Crippen LogP) is 1.73. The fraction of sp³-hybridized carbons (Fsp3) is 0.267. The third-order valence-corrected chi connectivity index (χ3v) is 3.01. The van der Waals surface area contributed by atoms with Crippen molar-refractivity contribution in [2.24, 2.45) is 4.99 Å². The maximum atomic E-state index is 12.2. The zero-order valence-corrected chi connectivity index (χ0v) is 13.1. The van der Waals surface area contributed by atoms with E-state index in [2.05, 4.69) is 9.98 Å². The highest BCUT2D eigenvalue weighted by Crippen LogP contribution is 2.14. The van der Waals surface area contributed by atoms with Crippen molar-refractivity contribution in [2.75, 3.05) is 14.1 Å². The average Bonchev–Trinajstić information content (AvgIpc) is 2.48. The van der Waals surface area contributed by atoms with Crippen molar-refractivity contribution in [1.82, 2.24) is 14.5 Å². The Morgan fingerprint density at radius 1 is 1.35 bits per heavy atom. The van der Waals surface area contributed by atoms with E-state index in [1.165, 1.54) is 22.8 Å². The van der Waals surface area contributed by atoms with E-state index in [0.29, 0.717) is 11.6 Å². The summed E-state index contributed by atoms with van der Waals surface area (Å²) in [6.07, 6.45) is 1.56. The summed E-state index contributed by atoms with van der Waals surface area (Å²) < 4.78 is 1.42. The van der Waals surface area contributed by atoms with E-state index in [9.17, 15) is 14.9 Å². The second-order valence-electron chi connectivity index (χ2n) is 5.25. The first-order valence-electron chi connectivity index (χ1n) is 6.89. The summed E-state index contributed by atoms with van der Waals surface area (Å²) in [5.41, 5.74) is 1.13. The summed E-state index contributed by atoms with van der Waals surface area (Å²) >= 11 is 0. The van der Waals surface area contributed by atoms with E-state index >= 15 is 0 Å². The monoisotopic (exact) mass is 315 g/mol. The molecule has 0 bridgehead atoms. The number of aryl methyl sites for hydroxylation is 1. The van der Waals surface area contributed by atoms with E-state index in [1.54, 1.807) is 30.3 Å². The Labute approximate surface area is 132 Å². The number of aliphatic imine (C=N–C) groups is 1. The number of rotatable bonds is 5. The molecule has 0 atom stereocenters. The number of nitrogens with zero attached hydrogens (tertiary/aromatic N) is 5. The Hall–Kier alpha value is -3.03. The van der Waals surface area contributed by atoms with Crippen LogP contribution >= 0.6 is 0 Å². The molecule has 0 aliphatic carbocycles. The molecule has 0 aliphatic heterocycles. The summed E-state index contributed by atoms with van der Waals surface area (Å²) in [6, 6.07) is 7.48. The van der Waals surface area contributed by atoms with Crippen LogP contribution in [0.2, 0.25) is 0 Å². The van der Waals surface area contributed by atoms with Gasteiger partial charge in [0.05, 0.1) is 17.8 Å². The third-order valence-electron chi connectivity index (χ3n) is 3.01. The largest absolute Gasteiger partial charge is 0.369 e. The van der Waals surface area contributed by atoms with E-state index < -0.39 is 4.92 Å². The van der Waals surface area contributed by atoms with Crippen molar-refractivity contribution in [3.8, 4) is 0 Å². The van der Waals surface area contributed by atoms with Crippen LogP contribution in [0, 0.1) is 17.0 Å². The molecule has 1 aromatic heterocycles. The summed E-state index contributed by atoms with van der Waals surface area (Å²) in [4.78, 5) is 32.7. The van der Waals surface area contributed by atoms with Gasteiger partial charge >= 0.3 is 0 Å². The lowest BCUT2D eigenvalue weighted by Gasteiger charge is -2.10. The first kappa shape index (κ1) is 16.3. The molecule has 0 unspecified atom stereocenters. The highest BCUT2D eigenvalue weighted by Gasteiger charge is 2.09. The molecule has 0 aliphatic rings. The first-order chi connectivity index (χ1) is 10.9. The molecule has 0 N–H and O–H groups in total. The minimum atomic E-state index is -0.462. The molecular formula is C15H17N5O3. The number of nitro benzene ring substituents is 1. The summed E-state index contributed by atoms with van der Waals surface area (Å²) in [5, 5.41) is 10.7. The van der Waals surface area contributed by atoms with Gasteiger partial charge in [0, 0.05) is 38.0 Å². The maximum absolute atomic E-state index is 12.2.